The van der Waals surface area contributed by atoms with Crippen LogP contribution in [0.1, 0.15) is 0 Å². The van der Waals surface area contributed by atoms with Crippen molar-refractivity contribution in [2.75, 3.05) is 0 Å². The molecule has 0 amide bonds. The molecule has 0 heterocycles. The van der Waals surface area contributed by atoms with E-state index in [-0.39, 0.29) is 0 Å². The van der Waals surface area contributed by atoms with Crippen LogP contribution in [0.4, 0.5) is 0 Å². The van der Waals surface area contributed by atoms with Gasteiger partial charge in [0.15, 0.2) is 13.8 Å². The summed E-state index contributed by atoms with van der Waals surface area (Å²) in [6, 6.07) is 20.6. The molecule has 0 saturated carbocycles. The highest BCUT2D eigenvalue weighted by atomic mass is 35.6. The molecule has 0 aliphatic heterocycles. The van der Waals surface area contributed by atoms with Crippen LogP contribution in [-0.2, 0) is 0 Å². The van der Waals surface area contributed by atoms with Crippen LogP contribution in [0, 0.1) is 0 Å². The van der Waals surface area contributed by atoms with Crippen molar-refractivity contribution in [2.24, 2.45) is 0 Å². The Kier molecular flexibility index (Phi) is 4.02. The van der Waals surface area contributed by atoms with Crippen LogP contribution in [0.25, 0.3) is 0 Å². The highest BCUT2D eigenvalue weighted by molar-refractivity contribution is 7.77. The predicted octanol–water partition coefficient (Wildman–Crippen LogP) is 3.51. The summed E-state index contributed by atoms with van der Waals surface area (Å²) in [7, 11) is 0. The molecule has 0 saturated heterocycles. The quantitative estimate of drug-likeness (QED) is 0.601. The van der Waals surface area contributed by atoms with Crippen LogP contribution in [-0.4, -0.2) is 13.8 Å². The summed E-state index contributed by atoms with van der Waals surface area (Å²) in [4.78, 5) is 0. The maximum absolute atomic E-state index is 6.96. The summed E-state index contributed by atoms with van der Waals surface area (Å²) >= 11 is 13.9. The molecule has 0 aliphatic rings. The van der Waals surface area contributed by atoms with Gasteiger partial charge >= 0.3 is 0 Å². The van der Waals surface area contributed by atoms with Gasteiger partial charge in [-0.3, -0.25) is 0 Å². The Morgan fingerprint density at radius 1 is 0.611 bits per heavy atom. The molecule has 0 bridgehead atoms. The van der Waals surface area contributed by atoms with E-state index in [1.165, 1.54) is 10.4 Å². The molecular weight excluding hydrogens is 295 g/mol. The van der Waals surface area contributed by atoms with Gasteiger partial charge in [-0.05, 0) is 10.4 Å². The fourth-order valence-electron chi connectivity index (χ4n) is 2.04. The molecule has 2 rings (SSSR count). The SMILES string of the molecule is C[Si](Cl)(c1ccccc1)[Si](C)(Cl)c1ccccc1. The molecule has 2 aromatic rings. The fourth-order valence-corrected chi connectivity index (χ4v) is 11.7. The Bertz CT molecular complexity index is 460. The lowest BCUT2D eigenvalue weighted by molar-refractivity contribution is 1.74. The highest BCUT2D eigenvalue weighted by Crippen LogP contribution is 2.26. The Morgan fingerprint density at radius 2 is 0.889 bits per heavy atom. The minimum Gasteiger partial charge on any atom is -0.163 e. The van der Waals surface area contributed by atoms with E-state index in [9.17, 15) is 0 Å². The second-order valence-corrected chi connectivity index (χ2v) is 22.3. The summed E-state index contributed by atoms with van der Waals surface area (Å²) in [5.41, 5.74) is 0. The lowest BCUT2D eigenvalue weighted by Crippen LogP contribution is -2.66. The monoisotopic (exact) mass is 310 g/mol. The van der Waals surface area contributed by atoms with Crippen molar-refractivity contribution in [2.45, 2.75) is 13.1 Å². The molecule has 4 heteroatoms. The van der Waals surface area contributed by atoms with E-state index in [0.717, 1.165) is 0 Å². The van der Waals surface area contributed by atoms with E-state index in [0.29, 0.717) is 0 Å². The molecule has 0 radical (unpaired) electrons. The second kappa shape index (κ2) is 5.21. The van der Waals surface area contributed by atoms with E-state index in [4.69, 9.17) is 22.2 Å². The number of halogens is 2. The first-order chi connectivity index (χ1) is 8.46. The first-order valence-corrected chi connectivity index (χ1v) is 14.0. The molecule has 18 heavy (non-hydrogen) atoms. The molecule has 0 fully saturated rings. The maximum atomic E-state index is 6.96. The van der Waals surface area contributed by atoms with E-state index in [2.05, 4.69) is 37.4 Å². The lowest BCUT2D eigenvalue weighted by atomic mass is 10.4. The van der Waals surface area contributed by atoms with Gasteiger partial charge in [-0.1, -0.05) is 73.8 Å². The summed E-state index contributed by atoms with van der Waals surface area (Å²) in [6.45, 7) is -0.0170. The van der Waals surface area contributed by atoms with Crippen molar-refractivity contribution in [3.63, 3.8) is 0 Å². The zero-order chi connectivity index (χ0) is 13.2. The molecule has 2 atom stereocenters. The molecule has 0 nitrogen and oxygen atoms in total. The van der Waals surface area contributed by atoms with Crippen LogP contribution in [0.2, 0.25) is 13.1 Å². The van der Waals surface area contributed by atoms with Crippen molar-refractivity contribution in [1.29, 1.82) is 0 Å². The highest BCUT2D eigenvalue weighted by Gasteiger charge is 2.49. The molecule has 2 aromatic carbocycles. The normalized spacial score (nSPS) is 17.8. The minimum atomic E-state index is -2.17. The van der Waals surface area contributed by atoms with Gasteiger partial charge in [0.05, 0.1) is 0 Å². The molecule has 0 aliphatic carbocycles. The topological polar surface area (TPSA) is 0 Å². The second-order valence-electron chi connectivity index (χ2n) is 4.74. The summed E-state index contributed by atoms with van der Waals surface area (Å²) in [5, 5.41) is 2.44. The van der Waals surface area contributed by atoms with Crippen molar-refractivity contribution < 1.29 is 0 Å². The predicted molar refractivity (Wildman–Crippen MR) is 87.1 cm³/mol. The molecular formula is C14H16Cl2Si2. The van der Waals surface area contributed by atoms with Crippen molar-refractivity contribution in [3.05, 3.63) is 60.7 Å². The Labute approximate surface area is 120 Å². The molecule has 0 N–H and O–H groups in total. The zero-order valence-electron chi connectivity index (χ0n) is 10.5. The largest absolute Gasteiger partial charge is 0.196 e. The molecule has 94 valence electrons. The van der Waals surface area contributed by atoms with Crippen LogP contribution in [0.15, 0.2) is 60.7 Å². The summed E-state index contributed by atoms with van der Waals surface area (Å²) in [6.07, 6.45) is 0. The van der Waals surface area contributed by atoms with E-state index >= 15 is 0 Å². The zero-order valence-corrected chi connectivity index (χ0v) is 14.0. The number of rotatable bonds is 3. The standard InChI is InChI=1S/C14H16Cl2Si2/c1-17(15,13-9-5-3-6-10-13)18(2,16)14-11-7-4-8-12-14/h3-12H,1-2H3. The first-order valence-electron chi connectivity index (χ1n) is 5.95. The van der Waals surface area contributed by atoms with Gasteiger partial charge in [-0.15, -0.1) is 0 Å². The summed E-state index contributed by atoms with van der Waals surface area (Å²) < 4.78 is 0. The smallest absolute Gasteiger partial charge is 0.163 e. The number of benzene rings is 2. The molecule has 0 aromatic heterocycles. The molecule has 0 spiro atoms. The van der Waals surface area contributed by atoms with Gasteiger partial charge in [-0.25, -0.2) is 0 Å². The number of hydrogen-bond donors (Lipinski definition) is 0. The summed E-state index contributed by atoms with van der Waals surface area (Å²) in [5.74, 6) is 0. The van der Waals surface area contributed by atoms with Crippen LogP contribution >= 0.6 is 22.2 Å². The number of hydrogen-bond acceptors (Lipinski definition) is 0. The van der Waals surface area contributed by atoms with E-state index in [1.54, 1.807) is 0 Å². The van der Waals surface area contributed by atoms with E-state index in [1.807, 2.05) is 36.4 Å². The Hall–Kier alpha value is -0.546. The fraction of sp³-hybridized carbons (Fsp3) is 0.143. The van der Waals surface area contributed by atoms with Gasteiger partial charge in [0.1, 0.15) is 0 Å². The van der Waals surface area contributed by atoms with Gasteiger partial charge < -0.3 is 0 Å². The van der Waals surface area contributed by atoms with Crippen molar-refractivity contribution >= 4 is 46.3 Å². The van der Waals surface area contributed by atoms with Crippen LogP contribution < -0.4 is 10.4 Å². The third kappa shape index (κ3) is 2.43. The van der Waals surface area contributed by atoms with Gasteiger partial charge in [0, 0.05) is 0 Å². The van der Waals surface area contributed by atoms with Crippen LogP contribution in [0.3, 0.4) is 0 Å². The lowest BCUT2D eigenvalue weighted by Gasteiger charge is -2.33. The van der Waals surface area contributed by atoms with Crippen LogP contribution in [0.5, 0.6) is 0 Å². The average molecular weight is 311 g/mol. The van der Waals surface area contributed by atoms with Gasteiger partial charge in [0.2, 0.25) is 0 Å². The van der Waals surface area contributed by atoms with Crippen molar-refractivity contribution in [3.8, 4) is 0 Å². The Balaban J connectivity index is 2.47. The van der Waals surface area contributed by atoms with E-state index < -0.39 is 13.8 Å². The maximum Gasteiger partial charge on any atom is 0.196 e. The average Bonchev–Trinajstić information content (AvgIpc) is 2.40. The molecule has 2 unspecified atom stereocenters. The Morgan fingerprint density at radius 3 is 1.17 bits per heavy atom. The third-order valence-electron chi connectivity index (χ3n) is 3.51. The van der Waals surface area contributed by atoms with Crippen molar-refractivity contribution in [1.82, 2.24) is 0 Å². The third-order valence-corrected chi connectivity index (χ3v) is 24.1. The first kappa shape index (κ1) is 13.9. The van der Waals surface area contributed by atoms with Gasteiger partial charge in [0.25, 0.3) is 0 Å². The minimum absolute atomic E-state index is 1.22. The van der Waals surface area contributed by atoms with Gasteiger partial charge in [-0.2, -0.15) is 22.2 Å².